The Morgan fingerprint density at radius 2 is 2.25 bits per heavy atom. The van der Waals surface area contributed by atoms with Gasteiger partial charge < -0.3 is 15.5 Å². The molecule has 0 bridgehead atoms. The molecular weight excluding hydrogens is 226 g/mol. The summed E-state index contributed by atoms with van der Waals surface area (Å²) in [6, 6.07) is 0.166. The lowest BCUT2D eigenvalue weighted by atomic mass is 9.95. The molecule has 1 aliphatic heterocycles. The lowest BCUT2D eigenvalue weighted by Crippen LogP contribution is -2.46. The molecule has 1 heterocycles. The van der Waals surface area contributed by atoms with E-state index in [2.05, 4.69) is 0 Å². The highest BCUT2D eigenvalue weighted by molar-refractivity contribution is 5.85. The van der Waals surface area contributed by atoms with Gasteiger partial charge >= 0.3 is 6.03 Å². The molecule has 1 unspecified atom stereocenters. The molecule has 1 rings (SSSR count). The molecule has 0 radical (unpaired) electrons. The van der Waals surface area contributed by atoms with Crippen LogP contribution in [0.25, 0.3) is 0 Å². The largest absolute Gasteiger partial charge is 0.330 e. The Morgan fingerprint density at radius 3 is 2.81 bits per heavy atom. The first-order valence-electron chi connectivity index (χ1n) is 5.89. The van der Waals surface area contributed by atoms with Gasteiger partial charge in [0.25, 0.3) is 0 Å². The molecular formula is C11H24ClN3O. The van der Waals surface area contributed by atoms with E-state index in [0.29, 0.717) is 5.92 Å². The molecule has 1 saturated heterocycles. The van der Waals surface area contributed by atoms with Gasteiger partial charge in [-0.1, -0.05) is 0 Å². The fraction of sp³-hybridized carbons (Fsp3) is 0.909. The zero-order chi connectivity index (χ0) is 11.3. The van der Waals surface area contributed by atoms with Crippen LogP contribution in [0.3, 0.4) is 0 Å². The van der Waals surface area contributed by atoms with Crippen LogP contribution in [-0.4, -0.2) is 49.1 Å². The van der Waals surface area contributed by atoms with Gasteiger partial charge in [-0.2, -0.15) is 0 Å². The third-order valence-electron chi connectivity index (χ3n) is 3.17. The molecule has 2 N–H and O–H groups in total. The fourth-order valence-corrected chi connectivity index (χ4v) is 2.09. The zero-order valence-corrected chi connectivity index (χ0v) is 11.1. The van der Waals surface area contributed by atoms with Crippen LogP contribution in [0.15, 0.2) is 0 Å². The third-order valence-corrected chi connectivity index (χ3v) is 3.17. The van der Waals surface area contributed by atoms with E-state index in [4.69, 9.17) is 5.73 Å². The average Bonchev–Trinajstić information content (AvgIpc) is 2.28. The second-order valence-electron chi connectivity index (χ2n) is 4.33. The van der Waals surface area contributed by atoms with Crippen molar-refractivity contribution in [1.29, 1.82) is 0 Å². The number of hydrogen-bond donors (Lipinski definition) is 1. The first kappa shape index (κ1) is 15.5. The van der Waals surface area contributed by atoms with Gasteiger partial charge in [0.15, 0.2) is 0 Å². The number of halogens is 1. The van der Waals surface area contributed by atoms with Gasteiger partial charge in [0, 0.05) is 26.7 Å². The van der Waals surface area contributed by atoms with Crippen LogP contribution in [-0.2, 0) is 0 Å². The Kier molecular flexibility index (Phi) is 7.51. The standard InChI is InChI=1S/C11H23N3O.ClH/c1-3-13(2)11(15)14-8-4-5-10(9-14)6-7-12;/h10H,3-9,12H2,1-2H3;1H. The van der Waals surface area contributed by atoms with E-state index in [1.165, 1.54) is 6.42 Å². The maximum atomic E-state index is 11.9. The maximum Gasteiger partial charge on any atom is 0.319 e. The van der Waals surface area contributed by atoms with Gasteiger partial charge in [0.05, 0.1) is 0 Å². The van der Waals surface area contributed by atoms with E-state index in [0.717, 1.165) is 39.0 Å². The smallest absolute Gasteiger partial charge is 0.319 e. The summed E-state index contributed by atoms with van der Waals surface area (Å²) in [5, 5.41) is 0. The van der Waals surface area contributed by atoms with Crippen molar-refractivity contribution in [3.8, 4) is 0 Å². The van der Waals surface area contributed by atoms with Crippen LogP contribution in [0, 0.1) is 5.92 Å². The molecule has 1 fully saturated rings. The molecule has 0 spiro atoms. The second kappa shape index (κ2) is 7.74. The average molecular weight is 250 g/mol. The minimum Gasteiger partial charge on any atom is -0.330 e. The quantitative estimate of drug-likeness (QED) is 0.825. The third kappa shape index (κ3) is 4.18. The van der Waals surface area contributed by atoms with Crippen molar-refractivity contribution >= 4 is 18.4 Å². The van der Waals surface area contributed by atoms with Crippen molar-refractivity contribution in [3.63, 3.8) is 0 Å². The second-order valence-corrected chi connectivity index (χ2v) is 4.33. The lowest BCUT2D eigenvalue weighted by Gasteiger charge is -2.35. The van der Waals surface area contributed by atoms with Crippen molar-refractivity contribution < 1.29 is 4.79 Å². The molecule has 0 aromatic carbocycles. The first-order chi connectivity index (χ1) is 7.19. The number of nitrogens with zero attached hydrogens (tertiary/aromatic N) is 2. The Labute approximate surface area is 105 Å². The molecule has 96 valence electrons. The summed E-state index contributed by atoms with van der Waals surface area (Å²) in [4.78, 5) is 15.6. The lowest BCUT2D eigenvalue weighted by molar-refractivity contribution is 0.136. The number of urea groups is 1. The number of rotatable bonds is 3. The number of hydrogen-bond acceptors (Lipinski definition) is 2. The van der Waals surface area contributed by atoms with Gasteiger partial charge in [-0.3, -0.25) is 0 Å². The van der Waals surface area contributed by atoms with Crippen LogP contribution in [0.1, 0.15) is 26.2 Å². The van der Waals surface area contributed by atoms with Crippen molar-refractivity contribution in [2.45, 2.75) is 26.2 Å². The number of carbonyl (C=O) groups excluding carboxylic acids is 1. The molecule has 0 aromatic heterocycles. The van der Waals surface area contributed by atoms with E-state index in [-0.39, 0.29) is 18.4 Å². The minimum atomic E-state index is 0. The van der Waals surface area contributed by atoms with Crippen LogP contribution in [0.2, 0.25) is 0 Å². The Bertz CT molecular complexity index is 211. The molecule has 0 saturated carbocycles. The molecule has 1 atom stereocenters. The maximum absolute atomic E-state index is 11.9. The monoisotopic (exact) mass is 249 g/mol. The van der Waals surface area contributed by atoms with Crippen molar-refractivity contribution in [1.82, 2.24) is 9.80 Å². The summed E-state index contributed by atoms with van der Waals surface area (Å²) in [7, 11) is 1.86. The number of amides is 2. The zero-order valence-electron chi connectivity index (χ0n) is 10.3. The molecule has 1 aliphatic rings. The highest BCUT2D eigenvalue weighted by Crippen LogP contribution is 2.19. The number of likely N-dealkylation sites (tertiary alicyclic amines) is 1. The summed E-state index contributed by atoms with van der Waals surface area (Å²) in [5.74, 6) is 0.609. The van der Waals surface area contributed by atoms with Gasteiger partial charge in [0.1, 0.15) is 0 Å². The minimum absolute atomic E-state index is 0. The SMILES string of the molecule is CCN(C)C(=O)N1CCCC(CCN)C1.Cl. The molecule has 4 nitrogen and oxygen atoms in total. The summed E-state index contributed by atoms with van der Waals surface area (Å²) in [5.41, 5.74) is 5.55. The molecule has 5 heteroatoms. The van der Waals surface area contributed by atoms with Gasteiger partial charge in [0.2, 0.25) is 0 Å². The van der Waals surface area contributed by atoms with Crippen LogP contribution in [0.4, 0.5) is 4.79 Å². The van der Waals surface area contributed by atoms with E-state index in [1.807, 2.05) is 18.9 Å². The van der Waals surface area contributed by atoms with Crippen LogP contribution >= 0.6 is 12.4 Å². The van der Waals surface area contributed by atoms with E-state index in [1.54, 1.807) is 4.90 Å². The summed E-state index contributed by atoms with van der Waals surface area (Å²) in [6.45, 7) is 5.30. The highest BCUT2D eigenvalue weighted by atomic mass is 35.5. The van der Waals surface area contributed by atoms with E-state index >= 15 is 0 Å². The van der Waals surface area contributed by atoms with Crippen molar-refractivity contribution in [2.24, 2.45) is 11.7 Å². The van der Waals surface area contributed by atoms with Crippen LogP contribution < -0.4 is 5.73 Å². The molecule has 2 amide bonds. The van der Waals surface area contributed by atoms with E-state index in [9.17, 15) is 4.79 Å². The molecule has 0 aliphatic carbocycles. The topological polar surface area (TPSA) is 49.6 Å². The van der Waals surface area contributed by atoms with Crippen molar-refractivity contribution in [3.05, 3.63) is 0 Å². The fourth-order valence-electron chi connectivity index (χ4n) is 2.09. The number of piperidine rings is 1. The van der Waals surface area contributed by atoms with Crippen LogP contribution in [0.5, 0.6) is 0 Å². The predicted molar refractivity (Wildman–Crippen MR) is 68.9 cm³/mol. The Hall–Kier alpha value is -0.480. The van der Waals surface area contributed by atoms with Gasteiger partial charge in [-0.25, -0.2) is 4.79 Å². The molecule has 16 heavy (non-hydrogen) atoms. The van der Waals surface area contributed by atoms with E-state index < -0.39 is 0 Å². The summed E-state index contributed by atoms with van der Waals surface area (Å²) < 4.78 is 0. The highest BCUT2D eigenvalue weighted by Gasteiger charge is 2.24. The Balaban J connectivity index is 0.00000225. The number of carbonyl (C=O) groups is 1. The molecule has 0 aromatic rings. The predicted octanol–water partition coefficient (Wildman–Crippen LogP) is 1.54. The number of nitrogens with two attached hydrogens (primary N) is 1. The van der Waals surface area contributed by atoms with Gasteiger partial charge in [-0.15, -0.1) is 12.4 Å². The Morgan fingerprint density at radius 1 is 1.56 bits per heavy atom. The summed E-state index contributed by atoms with van der Waals surface area (Å²) in [6.07, 6.45) is 3.38. The normalized spacial score (nSPS) is 20.2. The first-order valence-corrected chi connectivity index (χ1v) is 5.89. The van der Waals surface area contributed by atoms with Crippen molar-refractivity contribution in [2.75, 3.05) is 33.2 Å². The summed E-state index contributed by atoms with van der Waals surface area (Å²) >= 11 is 0. The van der Waals surface area contributed by atoms with Gasteiger partial charge in [-0.05, 0) is 38.6 Å².